The van der Waals surface area contributed by atoms with Crippen LogP contribution in [0.1, 0.15) is 45.2 Å². The van der Waals surface area contributed by atoms with E-state index in [9.17, 15) is 9.18 Å². The molecule has 1 aromatic rings. The molecular weight excluding hydrogens is 243 g/mol. The van der Waals surface area contributed by atoms with E-state index in [1.165, 1.54) is 12.1 Å². The Bertz CT molecular complexity index is 409. The zero-order valence-electron chi connectivity index (χ0n) is 11.9. The van der Waals surface area contributed by atoms with Crippen molar-refractivity contribution in [3.05, 3.63) is 35.6 Å². The quantitative estimate of drug-likeness (QED) is 0.796. The van der Waals surface area contributed by atoms with Gasteiger partial charge >= 0.3 is 0 Å². The summed E-state index contributed by atoms with van der Waals surface area (Å²) in [5, 5.41) is 6.02. The normalized spacial score (nSPS) is 13.9. The van der Waals surface area contributed by atoms with Gasteiger partial charge in [0.1, 0.15) is 5.82 Å². The van der Waals surface area contributed by atoms with Crippen molar-refractivity contribution >= 4 is 5.91 Å². The molecule has 2 N–H and O–H groups in total. The van der Waals surface area contributed by atoms with Crippen LogP contribution in [0.4, 0.5) is 4.39 Å². The Kier molecular flexibility index (Phi) is 6.50. The summed E-state index contributed by atoms with van der Waals surface area (Å²) in [6.07, 6.45) is 2.03. The number of benzene rings is 1. The van der Waals surface area contributed by atoms with E-state index in [-0.39, 0.29) is 30.4 Å². The van der Waals surface area contributed by atoms with Crippen molar-refractivity contribution in [2.45, 2.75) is 45.7 Å². The molecule has 0 saturated carbocycles. The van der Waals surface area contributed by atoms with E-state index < -0.39 is 0 Å². The highest BCUT2D eigenvalue weighted by Crippen LogP contribution is 2.12. The summed E-state index contributed by atoms with van der Waals surface area (Å²) in [7, 11) is 0. The smallest absolute Gasteiger partial charge is 0.234 e. The van der Waals surface area contributed by atoms with Crippen LogP contribution in [0.2, 0.25) is 0 Å². The lowest BCUT2D eigenvalue weighted by molar-refractivity contribution is -0.121. The van der Waals surface area contributed by atoms with Gasteiger partial charge in [-0.3, -0.25) is 4.79 Å². The summed E-state index contributed by atoms with van der Waals surface area (Å²) < 4.78 is 13.1. The zero-order chi connectivity index (χ0) is 14.3. The maximum Gasteiger partial charge on any atom is 0.234 e. The van der Waals surface area contributed by atoms with Gasteiger partial charge in [0.25, 0.3) is 0 Å². The van der Waals surface area contributed by atoms with Crippen LogP contribution in [0.15, 0.2) is 24.3 Å². The number of nitrogens with one attached hydrogen (secondary N) is 2. The number of halogens is 1. The van der Waals surface area contributed by atoms with Gasteiger partial charge < -0.3 is 10.6 Å². The summed E-state index contributed by atoms with van der Waals surface area (Å²) >= 11 is 0. The molecule has 0 aromatic heterocycles. The molecular formula is C15H23FN2O. The van der Waals surface area contributed by atoms with Gasteiger partial charge in [-0.25, -0.2) is 4.39 Å². The van der Waals surface area contributed by atoms with Crippen LogP contribution < -0.4 is 10.6 Å². The van der Waals surface area contributed by atoms with Crippen molar-refractivity contribution < 1.29 is 9.18 Å². The maximum atomic E-state index is 13.1. The Morgan fingerprint density at radius 3 is 2.74 bits per heavy atom. The fourth-order valence-corrected chi connectivity index (χ4v) is 1.97. The van der Waals surface area contributed by atoms with E-state index in [0.717, 1.165) is 18.4 Å². The lowest BCUT2D eigenvalue weighted by atomic mass is 10.1. The van der Waals surface area contributed by atoms with Crippen molar-refractivity contribution in [3.63, 3.8) is 0 Å². The minimum Gasteiger partial charge on any atom is -0.353 e. The zero-order valence-corrected chi connectivity index (χ0v) is 11.9. The molecule has 0 saturated heterocycles. The predicted octanol–water partition coefficient (Wildman–Crippen LogP) is 2.78. The minimum absolute atomic E-state index is 0.0239. The lowest BCUT2D eigenvalue weighted by Gasteiger charge is -2.16. The predicted molar refractivity (Wildman–Crippen MR) is 75.3 cm³/mol. The number of hydrogen-bond acceptors (Lipinski definition) is 2. The van der Waals surface area contributed by atoms with Gasteiger partial charge in [0.2, 0.25) is 5.91 Å². The summed E-state index contributed by atoms with van der Waals surface area (Å²) in [6, 6.07) is 6.56. The Balaban J connectivity index is 2.37. The average molecular weight is 266 g/mol. The standard InChI is InChI=1S/C15H23FN2O/c1-4-6-11(2)18-15(19)10-17-12(3)13-7-5-8-14(16)9-13/h5,7-9,11-12,17H,4,6,10H2,1-3H3,(H,18,19)/t11?,12-/m0/s1. The Morgan fingerprint density at radius 2 is 2.11 bits per heavy atom. The molecule has 0 heterocycles. The Morgan fingerprint density at radius 1 is 1.37 bits per heavy atom. The van der Waals surface area contributed by atoms with Crippen LogP contribution >= 0.6 is 0 Å². The van der Waals surface area contributed by atoms with Gasteiger partial charge in [0.15, 0.2) is 0 Å². The third kappa shape index (κ3) is 5.83. The average Bonchev–Trinajstić information content (AvgIpc) is 2.36. The summed E-state index contributed by atoms with van der Waals surface area (Å²) in [5.41, 5.74) is 0.842. The van der Waals surface area contributed by atoms with Crippen molar-refractivity contribution in [1.82, 2.24) is 10.6 Å². The van der Waals surface area contributed by atoms with Gasteiger partial charge in [-0.1, -0.05) is 25.5 Å². The molecule has 19 heavy (non-hydrogen) atoms. The fraction of sp³-hybridized carbons (Fsp3) is 0.533. The topological polar surface area (TPSA) is 41.1 Å². The SMILES string of the molecule is CCCC(C)NC(=O)CN[C@@H](C)c1cccc(F)c1. The minimum atomic E-state index is -0.257. The molecule has 0 radical (unpaired) electrons. The number of amides is 1. The second kappa shape index (κ2) is 7.89. The molecule has 4 heteroatoms. The third-order valence-corrected chi connectivity index (χ3v) is 3.05. The van der Waals surface area contributed by atoms with E-state index in [2.05, 4.69) is 17.6 Å². The molecule has 1 aromatic carbocycles. The highest BCUT2D eigenvalue weighted by molar-refractivity contribution is 5.78. The monoisotopic (exact) mass is 266 g/mol. The van der Waals surface area contributed by atoms with Crippen molar-refractivity contribution in [2.24, 2.45) is 0 Å². The van der Waals surface area contributed by atoms with Crippen LogP contribution in [0.5, 0.6) is 0 Å². The van der Waals surface area contributed by atoms with Crippen LogP contribution in [-0.2, 0) is 4.79 Å². The van der Waals surface area contributed by atoms with Crippen LogP contribution in [0.3, 0.4) is 0 Å². The van der Waals surface area contributed by atoms with E-state index >= 15 is 0 Å². The molecule has 0 spiro atoms. The highest BCUT2D eigenvalue weighted by Gasteiger charge is 2.10. The number of carbonyl (C=O) groups excluding carboxylic acids is 1. The molecule has 1 amide bonds. The Labute approximate surface area is 114 Å². The molecule has 1 rings (SSSR count). The lowest BCUT2D eigenvalue weighted by Crippen LogP contribution is -2.39. The largest absolute Gasteiger partial charge is 0.353 e. The van der Waals surface area contributed by atoms with E-state index in [4.69, 9.17) is 0 Å². The summed E-state index contributed by atoms with van der Waals surface area (Å²) in [4.78, 5) is 11.7. The molecule has 3 nitrogen and oxygen atoms in total. The number of hydrogen-bond donors (Lipinski definition) is 2. The molecule has 0 fully saturated rings. The van der Waals surface area contributed by atoms with Gasteiger partial charge in [-0.15, -0.1) is 0 Å². The maximum absolute atomic E-state index is 13.1. The van der Waals surface area contributed by atoms with Gasteiger partial charge in [0.05, 0.1) is 6.54 Å². The molecule has 1 unspecified atom stereocenters. The molecule has 2 atom stereocenters. The first-order chi connectivity index (χ1) is 9.02. The van der Waals surface area contributed by atoms with Crippen molar-refractivity contribution in [2.75, 3.05) is 6.54 Å². The molecule has 0 bridgehead atoms. The third-order valence-electron chi connectivity index (χ3n) is 3.05. The van der Waals surface area contributed by atoms with E-state index in [1.807, 2.05) is 19.9 Å². The highest BCUT2D eigenvalue weighted by atomic mass is 19.1. The van der Waals surface area contributed by atoms with Crippen LogP contribution in [0.25, 0.3) is 0 Å². The molecule has 0 aliphatic heterocycles. The first kappa shape index (κ1) is 15.6. The van der Waals surface area contributed by atoms with Gasteiger partial charge in [-0.2, -0.15) is 0 Å². The molecule has 0 aliphatic carbocycles. The second-order valence-electron chi connectivity index (χ2n) is 4.91. The summed E-state index contributed by atoms with van der Waals surface area (Å²) in [6.45, 7) is 6.24. The molecule has 0 aliphatic rings. The summed E-state index contributed by atoms with van der Waals surface area (Å²) in [5.74, 6) is -0.281. The van der Waals surface area contributed by atoms with Gasteiger partial charge in [0, 0.05) is 12.1 Å². The Hall–Kier alpha value is -1.42. The molecule has 106 valence electrons. The second-order valence-corrected chi connectivity index (χ2v) is 4.91. The van der Waals surface area contributed by atoms with Crippen LogP contribution in [0, 0.1) is 5.82 Å². The van der Waals surface area contributed by atoms with Crippen LogP contribution in [-0.4, -0.2) is 18.5 Å². The van der Waals surface area contributed by atoms with Crippen molar-refractivity contribution in [1.29, 1.82) is 0 Å². The number of carbonyl (C=O) groups is 1. The van der Waals surface area contributed by atoms with E-state index in [0.29, 0.717) is 0 Å². The first-order valence-corrected chi connectivity index (χ1v) is 6.81. The van der Waals surface area contributed by atoms with Gasteiger partial charge in [-0.05, 0) is 38.0 Å². The first-order valence-electron chi connectivity index (χ1n) is 6.81. The fourth-order valence-electron chi connectivity index (χ4n) is 1.97. The number of rotatable bonds is 7. The van der Waals surface area contributed by atoms with Crippen molar-refractivity contribution in [3.8, 4) is 0 Å². The van der Waals surface area contributed by atoms with E-state index in [1.54, 1.807) is 6.07 Å².